The normalized spacial score (nSPS) is 11.2. The molecule has 0 spiro atoms. The molecule has 0 amide bonds. The van der Waals surface area contributed by atoms with Crippen LogP contribution in [0, 0.1) is 0 Å². The van der Waals surface area contributed by atoms with Gasteiger partial charge >= 0.3 is 0 Å². The van der Waals surface area contributed by atoms with Crippen LogP contribution < -0.4 is 0 Å². The Hall–Kier alpha value is -1.19. The second kappa shape index (κ2) is 7.29. The zero-order valence-electron chi connectivity index (χ0n) is 11.5. The summed E-state index contributed by atoms with van der Waals surface area (Å²) in [5.74, 6) is 0.594. The fraction of sp³-hybridized carbons (Fsp3) is 0.533. The van der Waals surface area contributed by atoms with Crippen molar-refractivity contribution < 1.29 is 9.90 Å². The van der Waals surface area contributed by atoms with Gasteiger partial charge in [-0.15, -0.1) is 0 Å². The van der Waals surface area contributed by atoms with Crippen molar-refractivity contribution in [2.45, 2.75) is 26.7 Å². The summed E-state index contributed by atoms with van der Waals surface area (Å²) in [6, 6.07) is 7.81. The van der Waals surface area contributed by atoms with Gasteiger partial charge in [-0.1, -0.05) is 45.0 Å². The van der Waals surface area contributed by atoms with Crippen LogP contribution in [-0.4, -0.2) is 42.0 Å². The highest BCUT2D eigenvalue weighted by molar-refractivity contribution is 5.97. The van der Waals surface area contributed by atoms with Crippen molar-refractivity contribution in [2.24, 2.45) is 0 Å². The maximum atomic E-state index is 12.0. The summed E-state index contributed by atoms with van der Waals surface area (Å²) in [7, 11) is 0. The average Bonchev–Trinajstić information content (AvgIpc) is 2.38. The number of carbonyl (C=O) groups is 1. The molecule has 0 aliphatic carbocycles. The first-order valence-electron chi connectivity index (χ1n) is 6.54. The number of rotatable bonds is 7. The van der Waals surface area contributed by atoms with Gasteiger partial charge in [0.2, 0.25) is 0 Å². The number of carbonyl (C=O) groups excluding carboxylic acids is 1. The van der Waals surface area contributed by atoms with Crippen molar-refractivity contribution in [3.05, 3.63) is 35.4 Å². The quantitative estimate of drug-likeness (QED) is 0.754. The number of aliphatic hydroxyl groups excluding tert-OH is 1. The van der Waals surface area contributed by atoms with Crippen LogP contribution in [0.4, 0.5) is 0 Å². The van der Waals surface area contributed by atoms with Crippen LogP contribution in [0.5, 0.6) is 0 Å². The number of hydrogen-bond donors (Lipinski definition) is 1. The largest absolute Gasteiger partial charge is 0.395 e. The highest BCUT2D eigenvalue weighted by atomic mass is 16.3. The van der Waals surface area contributed by atoms with Crippen LogP contribution in [0.15, 0.2) is 24.3 Å². The summed E-state index contributed by atoms with van der Waals surface area (Å²) in [4.78, 5) is 14.0. The molecule has 3 nitrogen and oxygen atoms in total. The molecule has 0 fully saturated rings. The highest BCUT2D eigenvalue weighted by Crippen LogP contribution is 2.15. The molecule has 100 valence electrons. The minimum atomic E-state index is 0.0907. The zero-order valence-corrected chi connectivity index (χ0v) is 11.5. The predicted molar refractivity (Wildman–Crippen MR) is 74.1 cm³/mol. The summed E-state index contributed by atoms with van der Waals surface area (Å²) < 4.78 is 0. The molecule has 0 saturated heterocycles. The van der Waals surface area contributed by atoms with Gasteiger partial charge in [-0.05, 0) is 18.0 Å². The molecule has 1 aromatic carbocycles. The number of hydrogen-bond acceptors (Lipinski definition) is 3. The van der Waals surface area contributed by atoms with E-state index >= 15 is 0 Å². The maximum Gasteiger partial charge on any atom is 0.176 e. The predicted octanol–water partition coefficient (Wildman–Crippen LogP) is 2.31. The van der Waals surface area contributed by atoms with Crippen molar-refractivity contribution in [3.8, 4) is 0 Å². The number of aliphatic hydroxyl groups is 1. The summed E-state index contributed by atoms with van der Waals surface area (Å²) in [6.45, 7) is 8.05. The summed E-state index contributed by atoms with van der Waals surface area (Å²) in [6.07, 6.45) is 0. The fourth-order valence-corrected chi connectivity index (χ4v) is 1.84. The molecule has 18 heavy (non-hydrogen) atoms. The molecule has 0 heterocycles. The molecular weight excluding hydrogens is 226 g/mol. The molecule has 0 aromatic heterocycles. The van der Waals surface area contributed by atoms with Crippen molar-refractivity contribution >= 4 is 5.78 Å². The first kappa shape index (κ1) is 14.9. The Morgan fingerprint density at radius 2 is 1.89 bits per heavy atom. The number of Topliss-reactive ketones (excluding diaryl/α,β-unsaturated/α-hetero) is 1. The molecule has 0 unspecified atom stereocenters. The van der Waals surface area contributed by atoms with Crippen molar-refractivity contribution in [1.82, 2.24) is 4.90 Å². The van der Waals surface area contributed by atoms with Gasteiger partial charge in [0.1, 0.15) is 0 Å². The van der Waals surface area contributed by atoms with E-state index in [0.717, 1.165) is 12.1 Å². The molecular formula is C15H23NO2. The average molecular weight is 249 g/mol. The van der Waals surface area contributed by atoms with Crippen LogP contribution in [0.3, 0.4) is 0 Å². The standard InChI is InChI=1S/C15H23NO2/c1-4-16(9-10-17)11-15(18)14-7-5-13(6-8-14)12(2)3/h5-8,12,17H,4,9-11H2,1-3H3. The first-order chi connectivity index (χ1) is 8.58. The van der Waals surface area contributed by atoms with E-state index in [-0.39, 0.29) is 12.4 Å². The van der Waals surface area contributed by atoms with E-state index < -0.39 is 0 Å². The van der Waals surface area contributed by atoms with Gasteiger partial charge < -0.3 is 5.11 Å². The zero-order chi connectivity index (χ0) is 13.5. The van der Waals surface area contributed by atoms with Gasteiger partial charge in [-0.2, -0.15) is 0 Å². The topological polar surface area (TPSA) is 40.5 Å². The molecule has 0 saturated carbocycles. The molecule has 1 rings (SSSR count). The van der Waals surface area contributed by atoms with E-state index in [2.05, 4.69) is 13.8 Å². The molecule has 1 N–H and O–H groups in total. The van der Waals surface area contributed by atoms with E-state index in [1.54, 1.807) is 0 Å². The van der Waals surface area contributed by atoms with E-state index in [4.69, 9.17) is 5.11 Å². The minimum Gasteiger partial charge on any atom is -0.395 e. The lowest BCUT2D eigenvalue weighted by atomic mass is 10.0. The molecule has 0 aliphatic heterocycles. The smallest absolute Gasteiger partial charge is 0.176 e. The number of likely N-dealkylation sites (N-methyl/N-ethyl adjacent to an activating group) is 1. The van der Waals surface area contributed by atoms with Crippen molar-refractivity contribution in [3.63, 3.8) is 0 Å². The van der Waals surface area contributed by atoms with E-state index in [1.165, 1.54) is 5.56 Å². The Morgan fingerprint density at radius 3 is 2.33 bits per heavy atom. The third-order valence-corrected chi connectivity index (χ3v) is 3.13. The SMILES string of the molecule is CCN(CCO)CC(=O)c1ccc(C(C)C)cc1. The molecule has 0 aliphatic rings. The van der Waals surface area contributed by atoms with Crippen LogP contribution in [0.1, 0.15) is 42.6 Å². The Kier molecular flexibility index (Phi) is 6.02. The summed E-state index contributed by atoms with van der Waals surface area (Å²) in [5.41, 5.74) is 1.99. The second-order valence-electron chi connectivity index (χ2n) is 4.79. The number of nitrogens with zero attached hydrogens (tertiary/aromatic N) is 1. The number of benzene rings is 1. The Morgan fingerprint density at radius 1 is 1.28 bits per heavy atom. The van der Waals surface area contributed by atoms with Crippen molar-refractivity contribution in [1.29, 1.82) is 0 Å². The van der Waals surface area contributed by atoms with Gasteiger partial charge in [-0.25, -0.2) is 0 Å². The van der Waals surface area contributed by atoms with E-state index in [0.29, 0.717) is 19.0 Å². The lowest BCUT2D eigenvalue weighted by molar-refractivity contribution is 0.0919. The fourth-order valence-electron chi connectivity index (χ4n) is 1.84. The highest BCUT2D eigenvalue weighted by Gasteiger charge is 2.11. The van der Waals surface area contributed by atoms with E-state index in [9.17, 15) is 4.79 Å². The summed E-state index contributed by atoms with van der Waals surface area (Å²) >= 11 is 0. The van der Waals surface area contributed by atoms with Gasteiger partial charge in [0.15, 0.2) is 5.78 Å². The molecule has 3 heteroatoms. The first-order valence-corrected chi connectivity index (χ1v) is 6.54. The monoisotopic (exact) mass is 249 g/mol. The van der Waals surface area contributed by atoms with Gasteiger partial charge in [0, 0.05) is 12.1 Å². The second-order valence-corrected chi connectivity index (χ2v) is 4.79. The minimum absolute atomic E-state index is 0.0907. The lowest BCUT2D eigenvalue weighted by Crippen LogP contribution is -2.32. The van der Waals surface area contributed by atoms with Crippen LogP contribution in [0.2, 0.25) is 0 Å². The van der Waals surface area contributed by atoms with Gasteiger partial charge in [-0.3, -0.25) is 9.69 Å². The Balaban J connectivity index is 2.66. The van der Waals surface area contributed by atoms with E-state index in [1.807, 2.05) is 36.1 Å². The molecule has 0 radical (unpaired) electrons. The third-order valence-electron chi connectivity index (χ3n) is 3.13. The molecule has 0 bridgehead atoms. The van der Waals surface area contributed by atoms with Crippen LogP contribution in [0.25, 0.3) is 0 Å². The van der Waals surface area contributed by atoms with Gasteiger partial charge in [0.25, 0.3) is 0 Å². The Labute approximate surface area is 109 Å². The van der Waals surface area contributed by atoms with Crippen LogP contribution in [-0.2, 0) is 0 Å². The third kappa shape index (κ3) is 4.24. The lowest BCUT2D eigenvalue weighted by Gasteiger charge is -2.18. The van der Waals surface area contributed by atoms with Crippen LogP contribution >= 0.6 is 0 Å². The number of ketones is 1. The summed E-state index contributed by atoms with van der Waals surface area (Å²) in [5, 5.41) is 8.90. The molecule has 0 atom stereocenters. The maximum absolute atomic E-state index is 12.0. The van der Waals surface area contributed by atoms with Crippen molar-refractivity contribution in [2.75, 3.05) is 26.2 Å². The molecule has 1 aromatic rings. The van der Waals surface area contributed by atoms with Gasteiger partial charge in [0.05, 0.1) is 13.2 Å². The Bertz CT molecular complexity index is 371.